The van der Waals surface area contributed by atoms with E-state index in [1.54, 1.807) is 6.08 Å². The molecule has 0 aliphatic carbocycles. The summed E-state index contributed by atoms with van der Waals surface area (Å²) >= 11 is 0. The molecule has 372 valence electrons. The second kappa shape index (κ2) is 53.6. The van der Waals surface area contributed by atoms with Crippen LogP contribution in [0.3, 0.4) is 0 Å². The van der Waals surface area contributed by atoms with E-state index in [-0.39, 0.29) is 32.0 Å². The van der Waals surface area contributed by atoms with Crippen molar-refractivity contribution in [1.82, 2.24) is 0 Å². The minimum absolute atomic E-state index is 0.0725. The Hall–Kier alpha value is -4.97. The first kappa shape index (κ1) is 62.0. The zero-order valence-electron chi connectivity index (χ0n) is 42.3. The van der Waals surface area contributed by atoms with Crippen LogP contribution in [0.25, 0.3) is 0 Å². The maximum Gasteiger partial charge on any atom is 0.310 e. The van der Waals surface area contributed by atoms with Gasteiger partial charge in [-0.15, -0.1) is 0 Å². The molecular formula is C61H92O6. The third-order valence-corrected chi connectivity index (χ3v) is 10.1. The van der Waals surface area contributed by atoms with Crippen molar-refractivity contribution in [3.8, 4) is 0 Å². The fraction of sp³-hybridized carbons (Fsp3) is 0.525. The van der Waals surface area contributed by atoms with E-state index in [0.29, 0.717) is 19.3 Å². The molecule has 0 fully saturated rings. The van der Waals surface area contributed by atoms with Crippen LogP contribution in [0.1, 0.15) is 188 Å². The average Bonchev–Trinajstić information content (AvgIpc) is 3.33. The molecule has 0 heterocycles. The Kier molecular flexibility index (Phi) is 49.7. The van der Waals surface area contributed by atoms with E-state index < -0.39 is 18.0 Å². The SMILES string of the molecule is CC/C=C\C/C=C\C/C=C\C/C=C\C/C=C\CC(=O)OC(COC(=O)CC/C=C\C/C=C\C/C=C\C/C=C\CC)COC(=O)CCCCCCCCCC/C=C\C/C=C\C/C=C\C/C=C\CC. The van der Waals surface area contributed by atoms with Gasteiger partial charge in [-0.05, 0) is 109 Å². The van der Waals surface area contributed by atoms with Crippen molar-refractivity contribution in [2.45, 2.75) is 194 Å². The van der Waals surface area contributed by atoms with Gasteiger partial charge < -0.3 is 14.2 Å². The van der Waals surface area contributed by atoms with Crippen molar-refractivity contribution in [3.05, 3.63) is 158 Å². The second-order valence-electron chi connectivity index (χ2n) is 16.3. The van der Waals surface area contributed by atoms with Crippen LogP contribution in [0.2, 0.25) is 0 Å². The van der Waals surface area contributed by atoms with Crippen molar-refractivity contribution in [2.24, 2.45) is 0 Å². The lowest BCUT2D eigenvalue weighted by atomic mass is 10.1. The molecule has 0 aromatic heterocycles. The first-order valence-electron chi connectivity index (χ1n) is 26.0. The fourth-order valence-corrected chi connectivity index (χ4v) is 6.29. The van der Waals surface area contributed by atoms with Crippen molar-refractivity contribution in [1.29, 1.82) is 0 Å². The average molecular weight is 921 g/mol. The van der Waals surface area contributed by atoms with Gasteiger partial charge >= 0.3 is 17.9 Å². The van der Waals surface area contributed by atoms with Gasteiger partial charge in [-0.2, -0.15) is 0 Å². The number of carbonyl (C=O) groups is 3. The number of hydrogen-bond acceptors (Lipinski definition) is 6. The number of hydrogen-bond donors (Lipinski definition) is 0. The highest BCUT2D eigenvalue weighted by Gasteiger charge is 2.19. The number of carbonyl (C=O) groups excluding carboxylic acids is 3. The van der Waals surface area contributed by atoms with Gasteiger partial charge in [0.05, 0.1) is 6.42 Å². The van der Waals surface area contributed by atoms with E-state index in [0.717, 1.165) is 103 Å². The van der Waals surface area contributed by atoms with Crippen molar-refractivity contribution in [2.75, 3.05) is 13.2 Å². The molecule has 0 aromatic carbocycles. The van der Waals surface area contributed by atoms with Gasteiger partial charge in [0, 0.05) is 12.8 Å². The molecule has 0 amide bonds. The molecule has 6 heteroatoms. The summed E-state index contributed by atoms with van der Waals surface area (Å²) in [5.74, 6) is -1.19. The predicted molar refractivity (Wildman–Crippen MR) is 288 cm³/mol. The van der Waals surface area contributed by atoms with E-state index in [1.807, 2.05) is 18.2 Å². The Balaban J connectivity index is 4.57. The number of ether oxygens (including phenoxy) is 3. The van der Waals surface area contributed by atoms with Gasteiger partial charge in [0.25, 0.3) is 0 Å². The Bertz CT molecular complexity index is 1570. The predicted octanol–water partition coefficient (Wildman–Crippen LogP) is 17.4. The third kappa shape index (κ3) is 51.9. The zero-order valence-corrected chi connectivity index (χ0v) is 42.3. The molecule has 6 nitrogen and oxygen atoms in total. The van der Waals surface area contributed by atoms with E-state index in [9.17, 15) is 14.4 Å². The summed E-state index contributed by atoms with van der Waals surface area (Å²) in [6.07, 6.45) is 78.4. The molecule has 1 atom stereocenters. The Morgan fingerprint density at radius 2 is 0.612 bits per heavy atom. The van der Waals surface area contributed by atoms with Crippen LogP contribution in [0.5, 0.6) is 0 Å². The van der Waals surface area contributed by atoms with Crippen LogP contribution in [0.15, 0.2) is 158 Å². The van der Waals surface area contributed by atoms with Crippen molar-refractivity contribution < 1.29 is 28.6 Å². The minimum Gasteiger partial charge on any atom is -0.462 e. The highest BCUT2D eigenvalue weighted by molar-refractivity contribution is 5.72. The van der Waals surface area contributed by atoms with Crippen LogP contribution in [-0.2, 0) is 28.6 Å². The summed E-state index contributed by atoms with van der Waals surface area (Å²) < 4.78 is 16.6. The van der Waals surface area contributed by atoms with Crippen molar-refractivity contribution >= 4 is 17.9 Å². The maximum absolute atomic E-state index is 12.7. The Morgan fingerprint density at radius 1 is 0.313 bits per heavy atom. The van der Waals surface area contributed by atoms with E-state index >= 15 is 0 Å². The number of esters is 3. The molecule has 0 aromatic rings. The van der Waals surface area contributed by atoms with Crippen LogP contribution in [-0.4, -0.2) is 37.2 Å². The quantitative estimate of drug-likeness (QED) is 0.0262. The minimum atomic E-state index is -0.872. The Morgan fingerprint density at radius 3 is 1.00 bits per heavy atom. The molecule has 0 spiro atoms. The summed E-state index contributed by atoms with van der Waals surface area (Å²) in [6, 6.07) is 0. The van der Waals surface area contributed by atoms with Crippen LogP contribution in [0.4, 0.5) is 0 Å². The summed E-state index contributed by atoms with van der Waals surface area (Å²) in [6.45, 7) is 6.11. The summed E-state index contributed by atoms with van der Waals surface area (Å²) in [5.41, 5.74) is 0. The molecule has 0 rings (SSSR count). The van der Waals surface area contributed by atoms with E-state index in [2.05, 4.69) is 154 Å². The normalized spacial score (nSPS) is 13.4. The fourth-order valence-electron chi connectivity index (χ4n) is 6.29. The lowest BCUT2D eigenvalue weighted by Crippen LogP contribution is -2.30. The third-order valence-electron chi connectivity index (χ3n) is 10.1. The largest absolute Gasteiger partial charge is 0.462 e. The summed E-state index contributed by atoms with van der Waals surface area (Å²) in [5, 5.41) is 0. The lowest BCUT2D eigenvalue weighted by Gasteiger charge is -2.18. The first-order valence-corrected chi connectivity index (χ1v) is 26.0. The first-order chi connectivity index (χ1) is 33.0. The number of allylic oxidation sites excluding steroid dienone is 25. The standard InChI is InChI=1S/C61H92O6/c1-4-7-10-13-16-19-22-25-27-28-29-30-31-32-34-36-39-42-45-48-51-54-60(63)66-57-58(56-65-59(62)53-50-47-44-41-38-35-24-21-18-15-12-9-6-3)67-61(64)55-52-49-46-43-40-37-33-26-23-20-17-14-11-8-5-2/h7-12,16-21,25-27,29-30,33,35,38,40,43-44,47,49,52,58H,4-6,13-15,22-24,28,31-32,34,36-37,39,41-42,45-46,48,50-51,53-57H2,1-3H3/b10-7-,11-8-,12-9-,19-16-,20-17-,21-18-,27-25-,30-29-,33-26-,38-35-,43-40-,47-44-,52-49-. The summed E-state index contributed by atoms with van der Waals surface area (Å²) in [4.78, 5) is 37.9. The molecule has 0 aliphatic heterocycles. The molecule has 0 radical (unpaired) electrons. The van der Waals surface area contributed by atoms with Gasteiger partial charge in [0.2, 0.25) is 0 Å². The van der Waals surface area contributed by atoms with Gasteiger partial charge in [0.15, 0.2) is 6.10 Å². The monoisotopic (exact) mass is 921 g/mol. The number of unbranched alkanes of at least 4 members (excludes halogenated alkanes) is 8. The lowest BCUT2D eigenvalue weighted by molar-refractivity contribution is -0.166. The smallest absolute Gasteiger partial charge is 0.310 e. The highest BCUT2D eigenvalue weighted by Crippen LogP contribution is 2.12. The van der Waals surface area contributed by atoms with Gasteiger partial charge in [-0.25, -0.2) is 0 Å². The molecule has 0 saturated carbocycles. The van der Waals surface area contributed by atoms with Gasteiger partial charge in [-0.3, -0.25) is 14.4 Å². The highest BCUT2D eigenvalue weighted by atomic mass is 16.6. The maximum atomic E-state index is 12.7. The van der Waals surface area contributed by atoms with Crippen molar-refractivity contribution in [3.63, 3.8) is 0 Å². The van der Waals surface area contributed by atoms with Gasteiger partial charge in [-0.1, -0.05) is 217 Å². The molecule has 0 N–H and O–H groups in total. The van der Waals surface area contributed by atoms with Crippen LogP contribution < -0.4 is 0 Å². The molecular weight excluding hydrogens is 829 g/mol. The molecule has 67 heavy (non-hydrogen) atoms. The molecule has 0 saturated heterocycles. The zero-order chi connectivity index (χ0) is 48.6. The van der Waals surface area contributed by atoms with Crippen LogP contribution in [0, 0.1) is 0 Å². The van der Waals surface area contributed by atoms with E-state index in [4.69, 9.17) is 14.2 Å². The molecule has 0 bridgehead atoms. The number of rotatable bonds is 44. The van der Waals surface area contributed by atoms with Crippen LogP contribution >= 0.6 is 0 Å². The topological polar surface area (TPSA) is 78.9 Å². The summed E-state index contributed by atoms with van der Waals surface area (Å²) in [7, 11) is 0. The Labute approximate surface area is 409 Å². The molecule has 1 unspecified atom stereocenters. The second-order valence-corrected chi connectivity index (χ2v) is 16.3. The van der Waals surface area contributed by atoms with E-state index in [1.165, 1.54) is 32.1 Å². The molecule has 0 aliphatic rings. The van der Waals surface area contributed by atoms with Gasteiger partial charge in [0.1, 0.15) is 13.2 Å².